The summed E-state index contributed by atoms with van der Waals surface area (Å²) in [5, 5.41) is 0. The Labute approximate surface area is 50.3 Å². The van der Waals surface area contributed by atoms with E-state index in [1.807, 2.05) is 0 Å². The van der Waals surface area contributed by atoms with Gasteiger partial charge in [-0.25, -0.2) is 0 Å². The van der Waals surface area contributed by atoms with Crippen molar-refractivity contribution >= 4 is 0 Å². The van der Waals surface area contributed by atoms with Gasteiger partial charge in [-0.15, -0.1) is 0 Å². The maximum absolute atomic E-state index is 5.12. The molecule has 0 spiro atoms. The molecular weight excluding hydrogens is 100 g/mol. The highest BCUT2D eigenvalue weighted by Crippen LogP contribution is 2.24. The van der Waals surface area contributed by atoms with Gasteiger partial charge in [0.25, 0.3) is 0 Å². The Morgan fingerprint density at radius 1 is 1.75 bits per heavy atom. The van der Waals surface area contributed by atoms with Crippen LogP contribution >= 0.6 is 0 Å². The Morgan fingerprint density at radius 3 is 2.75 bits per heavy atom. The van der Waals surface area contributed by atoms with E-state index in [4.69, 9.17) is 4.74 Å². The lowest BCUT2D eigenvalue weighted by atomic mass is 10.2. The summed E-state index contributed by atoms with van der Waals surface area (Å²) >= 11 is 0. The molecule has 0 amide bonds. The summed E-state index contributed by atoms with van der Waals surface area (Å²) in [4.78, 5) is 0. The van der Waals surface area contributed by atoms with Crippen molar-refractivity contribution in [3.8, 4) is 0 Å². The average molecular weight is 112 g/mol. The zero-order chi connectivity index (χ0) is 5.98. The van der Waals surface area contributed by atoms with Crippen molar-refractivity contribution in [3.05, 3.63) is 12.2 Å². The third-order valence-corrected chi connectivity index (χ3v) is 1.70. The van der Waals surface area contributed by atoms with Gasteiger partial charge in [0, 0.05) is 7.11 Å². The minimum absolute atomic E-state index is 0.370. The summed E-state index contributed by atoms with van der Waals surface area (Å²) in [6.45, 7) is 3.88. The first-order chi connectivity index (χ1) is 3.84. The molecule has 1 unspecified atom stereocenters. The molecule has 1 aliphatic rings. The molecule has 1 heteroatoms. The monoisotopic (exact) mass is 112 g/mol. The van der Waals surface area contributed by atoms with E-state index in [1.165, 1.54) is 24.8 Å². The van der Waals surface area contributed by atoms with Gasteiger partial charge in [0.1, 0.15) is 0 Å². The van der Waals surface area contributed by atoms with E-state index < -0.39 is 0 Å². The van der Waals surface area contributed by atoms with Crippen LogP contribution in [-0.4, -0.2) is 13.2 Å². The van der Waals surface area contributed by atoms with Crippen LogP contribution in [0.2, 0.25) is 0 Å². The maximum atomic E-state index is 5.12. The van der Waals surface area contributed by atoms with Gasteiger partial charge in [0.05, 0.1) is 6.10 Å². The van der Waals surface area contributed by atoms with Gasteiger partial charge < -0.3 is 4.74 Å². The zero-order valence-electron chi connectivity index (χ0n) is 5.31. The number of hydrogen-bond acceptors (Lipinski definition) is 1. The molecule has 1 saturated carbocycles. The Hall–Kier alpha value is -0.300. The fraction of sp³-hybridized carbons (Fsp3) is 0.714. The highest BCUT2D eigenvalue weighted by Gasteiger charge is 2.17. The quantitative estimate of drug-likeness (QED) is 0.469. The summed E-state index contributed by atoms with van der Waals surface area (Å²) in [5.74, 6) is 0. The summed E-state index contributed by atoms with van der Waals surface area (Å²) in [6, 6.07) is 0. The van der Waals surface area contributed by atoms with Gasteiger partial charge >= 0.3 is 0 Å². The SMILES string of the molecule is C=C1CCCC1OC. The van der Waals surface area contributed by atoms with E-state index in [-0.39, 0.29) is 0 Å². The van der Waals surface area contributed by atoms with Crippen LogP contribution in [0.5, 0.6) is 0 Å². The van der Waals surface area contributed by atoms with Crippen molar-refractivity contribution in [1.82, 2.24) is 0 Å². The molecule has 0 radical (unpaired) electrons. The van der Waals surface area contributed by atoms with E-state index in [9.17, 15) is 0 Å². The first kappa shape index (κ1) is 5.83. The molecule has 0 aromatic carbocycles. The van der Waals surface area contributed by atoms with Crippen molar-refractivity contribution in [1.29, 1.82) is 0 Å². The average Bonchev–Trinajstić information content (AvgIpc) is 2.14. The second-order valence-electron chi connectivity index (χ2n) is 2.27. The fourth-order valence-electron chi connectivity index (χ4n) is 1.16. The van der Waals surface area contributed by atoms with Crippen LogP contribution in [0, 0.1) is 0 Å². The number of rotatable bonds is 1. The van der Waals surface area contributed by atoms with Gasteiger partial charge in [0.15, 0.2) is 0 Å². The summed E-state index contributed by atoms with van der Waals surface area (Å²) in [7, 11) is 1.75. The molecular formula is C7H12O. The molecule has 46 valence electrons. The van der Waals surface area contributed by atoms with Crippen molar-refractivity contribution in [3.63, 3.8) is 0 Å². The molecule has 1 aliphatic carbocycles. The molecule has 1 rings (SSSR count). The van der Waals surface area contributed by atoms with E-state index in [1.54, 1.807) is 7.11 Å². The lowest BCUT2D eigenvalue weighted by Crippen LogP contribution is -2.04. The molecule has 0 heterocycles. The molecule has 0 bridgehead atoms. The Morgan fingerprint density at radius 2 is 2.50 bits per heavy atom. The Balaban J connectivity index is 2.42. The summed E-state index contributed by atoms with van der Waals surface area (Å²) in [5.41, 5.74) is 1.27. The normalized spacial score (nSPS) is 29.1. The summed E-state index contributed by atoms with van der Waals surface area (Å²) < 4.78 is 5.12. The lowest BCUT2D eigenvalue weighted by molar-refractivity contribution is 0.137. The summed E-state index contributed by atoms with van der Waals surface area (Å²) in [6.07, 6.45) is 3.97. The molecule has 0 aromatic heterocycles. The molecule has 0 saturated heterocycles. The molecule has 0 aliphatic heterocycles. The van der Waals surface area contributed by atoms with Gasteiger partial charge in [0.2, 0.25) is 0 Å². The molecule has 1 nitrogen and oxygen atoms in total. The molecule has 1 atom stereocenters. The van der Waals surface area contributed by atoms with Crippen LogP contribution < -0.4 is 0 Å². The second kappa shape index (κ2) is 2.31. The molecule has 0 aromatic rings. The minimum Gasteiger partial charge on any atom is -0.377 e. The molecule has 1 fully saturated rings. The fourth-order valence-corrected chi connectivity index (χ4v) is 1.16. The van der Waals surface area contributed by atoms with Crippen LogP contribution in [0.3, 0.4) is 0 Å². The highest BCUT2D eigenvalue weighted by molar-refractivity contribution is 5.07. The van der Waals surface area contributed by atoms with E-state index in [0.29, 0.717) is 6.10 Å². The van der Waals surface area contributed by atoms with Crippen molar-refractivity contribution in [2.45, 2.75) is 25.4 Å². The van der Waals surface area contributed by atoms with E-state index in [2.05, 4.69) is 6.58 Å². The van der Waals surface area contributed by atoms with Crippen LogP contribution in [0.4, 0.5) is 0 Å². The number of hydrogen-bond donors (Lipinski definition) is 0. The largest absolute Gasteiger partial charge is 0.377 e. The number of ether oxygens (including phenoxy) is 1. The molecule has 0 N–H and O–H groups in total. The Kier molecular flexibility index (Phi) is 1.69. The van der Waals surface area contributed by atoms with Crippen LogP contribution in [0.15, 0.2) is 12.2 Å². The first-order valence-electron chi connectivity index (χ1n) is 3.05. The van der Waals surface area contributed by atoms with Crippen molar-refractivity contribution in [2.24, 2.45) is 0 Å². The smallest absolute Gasteiger partial charge is 0.0778 e. The van der Waals surface area contributed by atoms with Crippen LogP contribution in [0.1, 0.15) is 19.3 Å². The van der Waals surface area contributed by atoms with Gasteiger partial charge in [-0.1, -0.05) is 6.58 Å². The topological polar surface area (TPSA) is 9.23 Å². The van der Waals surface area contributed by atoms with Crippen molar-refractivity contribution < 1.29 is 4.74 Å². The number of methoxy groups -OCH3 is 1. The van der Waals surface area contributed by atoms with Gasteiger partial charge in [-0.05, 0) is 24.8 Å². The maximum Gasteiger partial charge on any atom is 0.0778 e. The lowest BCUT2D eigenvalue weighted by Gasteiger charge is -2.05. The standard InChI is InChI=1S/C7H12O/c1-6-4-3-5-7(6)8-2/h7H,1,3-5H2,2H3. The third-order valence-electron chi connectivity index (χ3n) is 1.70. The third kappa shape index (κ3) is 0.920. The Bertz CT molecular complexity index is 96.6. The van der Waals surface area contributed by atoms with Gasteiger partial charge in [-0.2, -0.15) is 0 Å². The van der Waals surface area contributed by atoms with E-state index >= 15 is 0 Å². The van der Waals surface area contributed by atoms with Crippen LogP contribution in [0.25, 0.3) is 0 Å². The van der Waals surface area contributed by atoms with Gasteiger partial charge in [-0.3, -0.25) is 0 Å². The van der Waals surface area contributed by atoms with E-state index in [0.717, 1.165) is 0 Å². The van der Waals surface area contributed by atoms with Crippen molar-refractivity contribution in [2.75, 3.05) is 7.11 Å². The van der Waals surface area contributed by atoms with Crippen LogP contribution in [-0.2, 0) is 4.74 Å². The first-order valence-corrected chi connectivity index (χ1v) is 3.05. The second-order valence-corrected chi connectivity index (χ2v) is 2.27. The zero-order valence-corrected chi connectivity index (χ0v) is 5.31. The predicted octanol–water partition coefficient (Wildman–Crippen LogP) is 1.74. The predicted molar refractivity (Wildman–Crippen MR) is 33.8 cm³/mol. The molecule has 8 heavy (non-hydrogen) atoms. The highest BCUT2D eigenvalue weighted by atomic mass is 16.5. The minimum atomic E-state index is 0.370.